The Morgan fingerprint density at radius 3 is 2.71 bits per heavy atom. The van der Waals surface area contributed by atoms with Crippen molar-refractivity contribution in [1.29, 1.82) is 0 Å². The van der Waals surface area contributed by atoms with Crippen molar-refractivity contribution in [1.82, 2.24) is 10.6 Å². The zero-order valence-electron chi connectivity index (χ0n) is 14.9. The van der Waals surface area contributed by atoms with Gasteiger partial charge in [0.15, 0.2) is 5.96 Å². The van der Waals surface area contributed by atoms with Crippen LogP contribution in [0, 0.1) is 5.92 Å². The molecule has 0 spiro atoms. The molecule has 1 saturated carbocycles. The third-order valence-corrected chi connectivity index (χ3v) is 4.50. The van der Waals surface area contributed by atoms with Crippen LogP contribution in [0.2, 0.25) is 0 Å². The second-order valence-corrected chi connectivity index (χ2v) is 6.08. The number of hydrogen-bond donors (Lipinski definition) is 2. The van der Waals surface area contributed by atoms with Crippen molar-refractivity contribution < 1.29 is 9.15 Å². The van der Waals surface area contributed by atoms with Gasteiger partial charge in [-0.25, -0.2) is 0 Å². The van der Waals surface area contributed by atoms with Crippen LogP contribution in [-0.2, 0) is 11.2 Å². The molecule has 1 fully saturated rings. The van der Waals surface area contributed by atoms with E-state index in [0.29, 0.717) is 6.10 Å². The molecule has 2 rings (SSSR count). The molecule has 1 aromatic rings. The van der Waals surface area contributed by atoms with Gasteiger partial charge in [-0.15, -0.1) is 24.0 Å². The Morgan fingerprint density at radius 2 is 2.08 bits per heavy atom. The van der Waals surface area contributed by atoms with E-state index >= 15 is 0 Å². The summed E-state index contributed by atoms with van der Waals surface area (Å²) >= 11 is 0. The maximum atomic E-state index is 5.96. The van der Waals surface area contributed by atoms with Crippen LogP contribution in [0.4, 0.5) is 0 Å². The van der Waals surface area contributed by atoms with Crippen molar-refractivity contribution in [3.8, 4) is 0 Å². The molecule has 0 amide bonds. The Hall–Kier alpha value is -0.760. The third-order valence-electron chi connectivity index (χ3n) is 4.50. The largest absolute Gasteiger partial charge is 0.469 e. The third kappa shape index (κ3) is 7.42. The van der Waals surface area contributed by atoms with Crippen molar-refractivity contribution in [3.63, 3.8) is 0 Å². The van der Waals surface area contributed by atoms with E-state index in [1.807, 2.05) is 12.1 Å². The van der Waals surface area contributed by atoms with Gasteiger partial charge in [0.25, 0.3) is 0 Å². The van der Waals surface area contributed by atoms with Gasteiger partial charge in [0.2, 0.25) is 0 Å². The molecule has 1 aliphatic rings. The fraction of sp³-hybridized carbons (Fsp3) is 0.722. The second kappa shape index (κ2) is 12.6. The number of aliphatic imine (C=N–C) groups is 1. The molecule has 0 bridgehead atoms. The summed E-state index contributed by atoms with van der Waals surface area (Å²) in [5.41, 5.74) is 0. The van der Waals surface area contributed by atoms with Gasteiger partial charge in [-0.3, -0.25) is 4.99 Å². The fourth-order valence-electron chi connectivity index (χ4n) is 3.31. The van der Waals surface area contributed by atoms with E-state index in [2.05, 4.69) is 22.5 Å². The van der Waals surface area contributed by atoms with E-state index in [4.69, 9.17) is 9.15 Å². The van der Waals surface area contributed by atoms with E-state index in [1.54, 1.807) is 13.3 Å². The maximum Gasteiger partial charge on any atom is 0.190 e. The summed E-state index contributed by atoms with van der Waals surface area (Å²) in [5.74, 6) is 2.58. The Morgan fingerprint density at radius 1 is 1.33 bits per heavy atom. The number of halogens is 1. The molecule has 24 heavy (non-hydrogen) atoms. The minimum atomic E-state index is 0. The summed E-state index contributed by atoms with van der Waals surface area (Å²) in [6, 6.07) is 3.91. The van der Waals surface area contributed by atoms with Crippen molar-refractivity contribution in [2.45, 2.75) is 51.6 Å². The van der Waals surface area contributed by atoms with Gasteiger partial charge in [-0.2, -0.15) is 0 Å². The molecule has 2 N–H and O–H groups in total. The van der Waals surface area contributed by atoms with Crippen LogP contribution < -0.4 is 10.6 Å². The number of ether oxygens (including phenoxy) is 1. The molecule has 1 heterocycles. The van der Waals surface area contributed by atoms with Gasteiger partial charge in [0.1, 0.15) is 5.76 Å². The van der Waals surface area contributed by atoms with E-state index in [0.717, 1.165) is 50.2 Å². The normalized spacial score (nSPS) is 16.7. The minimum Gasteiger partial charge on any atom is -0.469 e. The Kier molecular flexibility index (Phi) is 11.2. The van der Waals surface area contributed by atoms with E-state index in [-0.39, 0.29) is 24.0 Å². The average molecular weight is 449 g/mol. The predicted molar refractivity (Wildman–Crippen MR) is 109 cm³/mol. The highest BCUT2D eigenvalue weighted by Crippen LogP contribution is 2.30. The summed E-state index contributed by atoms with van der Waals surface area (Å²) in [7, 11) is 1.80. The highest BCUT2D eigenvalue weighted by Gasteiger charge is 2.24. The zero-order chi connectivity index (χ0) is 16.3. The first-order valence-electron chi connectivity index (χ1n) is 8.92. The van der Waals surface area contributed by atoms with Crippen LogP contribution >= 0.6 is 24.0 Å². The summed E-state index contributed by atoms with van der Waals surface area (Å²) in [4.78, 5) is 4.27. The average Bonchev–Trinajstić information content (AvgIpc) is 3.26. The van der Waals surface area contributed by atoms with Gasteiger partial charge in [-0.1, -0.05) is 12.8 Å². The Labute approximate surface area is 163 Å². The van der Waals surface area contributed by atoms with Crippen LogP contribution in [0.1, 0.15) is 44.8 Å². The lowest BCUT2D eigenvalue weighted by Crippen LogP contribution is -2.40. The minimum absolute atomic E-state index is 0. The highest BCUT2D eigenvalue weighted by molar-refractivity contribution is 14.0. The first-order valence-corrected chi connectivity index (χ1v) is 8.92. The predicted octanol–water partition coefficient (Wildman–Crippen LogP) is 3.59. The molecule has 1 atom stereocenters. The number of nitrogens with zero attached hydrogens (tertiary/aromatic N) is 1. The summed E-state index contributed by atoms with van der Waals surface area (Å²) in [5, 5.41) is 6.71. The van der Waals surface area contributed by atoms with Crippen molar-refractivity contribution in [2.24, 2.45) is 10.9 Å². The van der Waals surface area contributed by atoms with Crippen molar-refractivity contribution >= 4 is 29.9 Å². The van der Waals surface area contributed by atoms with Gasteiger partial charge < -0.3 is 19.8 Å². The smallest absolute Gasteiger partial charge is 0.190 e. The highest BCUT2D eigenvalue weighted by atomic mass is 127. The van der Waals surface area contributed by atoms with Crippen molar-refractivity contribution in [3.05, 3.63) is 24.2 Å². The van der Waals surface area contributed by atoms with E-state index in [9.17, 15) is 0 Å². The number of nitrogens with one attached hydrogen (secondary N) is 2. The lowest BCUT2D eigenvalue weighted by Gasteiger charge is -2.24. The van der Waals surface area contributed by atoms with Crippen LogP contribution in [0.5, 0.6) is 0 Å². The lowest BCUT2D eigenvalue weighted by atomic mass is 9.98. The molecule has 0 aromatic carbocycles. The topological polar surface area (TPSA) is 58.8 Å². The number of hydrogen-bond acceptors (Lipinski definition) is 3. The standard InChI is InChI=1S/C18H31N3O2.HI/c1-3-22-17(15-7-4-5-8-15)11-13-21-18(19-2)20-12-10-16-9-6-14-23-16;/h6,9,14-15,17H,3-5,7-8,10-13H2,1-2H3,(H2,19,20,21);1H. The summed E-state index contributed by atoms with van der Waals surface area (Å²) < 4.78 is 11.3. The van der Waals surface area contributed by atoms with Gasteiger partial charge in [0, 0.05) is 33.2 Å². The molecule has 0 aliphatic heterocycles. The van der Waals surface area contributed by atoms with Gasteiger partial charge in [-0.05, 0) is 44.2 Å². The summed E-state index contributed by atoms with van der Waals surface area (Å²) in [6.07, 6.45) is 9.35. The Bertz CT molecular complexity index is 445. The number of rotatable bonds is 9. The zero-order valence-corrected chi connectivity index (χ0v) is 17.3. The lowest BCUT2D eigenvalue weighted by molar-refractivity contribution is 0.0169. The molecular formula is C18H32IN3O2. The molecule has 0 radical (unpaired) electrons. The second-order valence-electron chi connectivity index (χ2n) is 6.08. The maximum absolute atomic E-state index is 5.96. The van der Waals surface area contributed by atoms with Crippen molar-refractivity contribution in [2.75, 3.05) is 26.7 Å². The van der Waals surface area contributed by atoms with Crippen LogP contribution in [-0.4, -0.2) is 38.8 Å². The molecule has 5 nitrogen and oxygen atoms in total. The van der Waals surface area contributed by atoms with Gasteiger partial charge in [0.05, 0.1) is 12.4 Å². The molecular weight excluding hydrogens is 417 g/mol. The quantitative estimate of drug-likeness (QED) is 0.344. The molecule has 1 aliphatic carbocycles. The van der Waals surface area contributed by atoms with E-state index < -0.39 is 0 Å². The first kappa shape index (κ1) is 21.3. The fourth-order valence-corrected chi connectivity index (χ4v) is 3.31. The SMILES string of the molecule is CCOC(CCNC(=NC)NCCc1ccco1)C1CCCC1.I. The molecule has 1 aromatic heterocycles. The van der Waals surface area contributed by atoms with Crippen LogP contribution in [0.3, 0.4) is 0 Å². The molecule has 0 saturated heterocycles. The summed E-state index contributed by atoms with van der Waals surface area (Å²) in [6.45, 7) is 4.59. The van der Waals surface area contributed by atoms with E-state index in [1.165, 1.54) is 25.7 Å². The van der Waals surface area contributed by atoms with Gasteiger partial charge >= 0.3 is 0 Å². The molecule has 1 unspecified atom stereocenters. The van der Waals surface area contributed by atoms with Crippen LogP contribution in [0.15, 0.2) is 27.8 Å². The Balaban J connectivity index is 0.00000288. The monoisotopic (exact) mass is 449 g/mol. The van der Waals surface area contributed by atoms with Crippen LogP contribution in [0.25, 0.3) is 0 Å². The number of furan rings is 1. The number of guanidine groups is 1. The first-order chi connectivity index (χ1) is 11.3. The molecule has 138 valence electrons. The molecule has 6 heteroatoms.